The van der Waals surface area contributed by atoms with Gasteiger partial charge in [0.05, 0.1) is 0 Å². The Balaban J connectivity index is 2.03. The average molecular weight is 253 g/mol. The molecule has 1 unspecified atom stereocenters. The molecular formula is C13H17ClN2O. The van der Waals surface area contributed by atoms with Gasteiger partial charge < -0.3 is 10.6 Å². The maximum Gasteiger partial charge on any atom is 0.251 e. The van der Waals surface area contributed by atoms with Crippen molar-refractivity contribution < 1.29 is 4.79 Å². The normalized spacial score (nSPS) is 20.0. The van der Waals surface area contributed by atoms with E-state index in [-0.39, 0.29) is 11.9 Å². The monoisotopic (exact) mass is 252 g/mol. The molecule has 1 aliphatic heterocycles. The maximum atomic E-state index is 12.1. The minimum Gasteiger partial charge on any atom is -0.348 e. The summed E-state index contributed by atoms with van der Waals surface area (Å²) < 4.78 is 0. The van der Waals surface area contributed by atoms with Gasteiger partial charge in [0.1, 0.15) is 0 Å². The molecule has 1 aromatic carbocycles. The van der Waals surface area contributed by atoms with E-state index in [4.69, 9.17) is 11.6 Å². The van der Waals surface area contributed by atoms with Gasteiger partial charge in [-0.3, -0.25) is 4.79 Å². The number of hydrogen-bond acceptors (Lipinski definition) is 2. The Bertz CT molecular complexity index is 414. The Morgan fingerprint density at radius 3 is 3.00 bits per heavy atom. The summed E-state index contributed by atoms with van der Waals surface area (Å²) in [6.45, 7) is 3.81. The Hall–Kier alpha value is -1.06. The van der Waals surface area contributed by atoms with Crippen molar-refractivity contribution in [2.75, 3.05) is 13.1 Å². The lowest BCUT2D eigenvalue weighted by Crippen LogP contribution is -2.45. The number of piperidine rings is 1. The van der Waals surface area contributed by atoms with Crippen LogP contribution in [0.1, 0.15) is 28.8 Å². The van der Waals surface area contributed by atoms with Crippen molar-refractivity contribution in [3.8, 4) is 0 Å². The van der Waals surface area contributed by atoms with Crippen LogP contribution in [0.4, 0.5) is 0 Å². The second-order valence-corrected chi connectivity index (χ2v) is 4.91. The van der Waals surface area contributed by atoms with Crippen molar-refractivity contribution in [1.82, 2.24) is 10.6 Å². The molecule has 17 heavy (non-hydrogen) atoms. The van der Waals surface area contributed by atoms with Crippen LogP contribution in [0.2, 0.25) is 5.02 Å². The van der Waals surface area contributed by atoms with Gasteiger partial charge in [-0.2, -0.15) is 0 Å². The standard InChI is InChI=1S/C13H17ClN2O/c1-9-7-10(14)4-5-12(9)13(17)16-11-3-2-6-15-8-11/h4-5,7,11,15H,2-3,6,8H2,1H3,(H,16,17). The summed E-state index contributed by atoms with van der Waals surface area (Å²) in [5, 5.41) is 7.00. The molecule has 0 radical (unpaired) electrons. The third-order valence-electron chi connectivity index (χ3n) is 3.07. The van der Waals surface area contributed by atoms with Crippen molar-refractivity contribution >= 4 is 17.5 Å². The second kappa shape index (κ2) is 5.52. The SMILES string of the molecule is Cc1cc(Cl)ccc1C(=O)NC1CCCNC1. The molecule has 0 aliphatic carbocycles. The third-order valence-corrected chi connectivity index (χ3v) is 3.30. The number of rotatable bonds is 2. The molecule has 3 nitrogen and oxygen atoms in total. The van der Waals surface area contributed by atoms with E-state index in [1.165, 1.54) is 0 Å². The van der Waals surface area contributed by atoms with Crippen molar-refractivity contribution in [3.05, 3.63) is 34.3 Å². The van der Waals surface area contributed by atoms with E-state index in [1.54, 1.807) is 12.1 Å². The van der Waals surface area contributed by atoms with Crippen LogP contribution in [-0.4, -0.2) is 25.0 Å². The highest BCUT2D eigenvalue weighted by Crippen LogP contribution is 2.15. The van der Waals surface area contributed by atoms with E-state index < -0.39 is 0 Å². The summed E-state index contributed by atoms with van der Waals surface area (Å²) in [6, 6.07) is 5.59. The third kappa shape index (κ3) is 3.20. The van der Waals surface area contributed by atoms with Gasteiger partial charge >= 0.3 is 0 Å². The molecule has 0 saturated carbocycles. The topological polar surface area (TPSA) is 41.1 Å². The van der Waals surface area contributed by atoms with Crippen LogP contribution in [0.25, 0.3) is 0 Å². The molecule has 2 rings (SSSR count). The van der Waals surface area contributed by atoms with Crippen LogP contribution in [0.5, 0.6) is 0 Å². The lowest BCUT2D eigenvalue weighted by atomic mass is 10.1. The summed E-state index contributed by atoms with van der Waals surface area (Å²) in [6.07, 6.45) is 2.16. The highest BCUT2D eigenvalue weighted by molar-refractivity contribution is 6.30. The van der Waals surface area contributed by atoms with E-state index >= 15 is 0 Å². The zero-order valence-electron chi connectivity index (χ0n) is 9.92. The van der Waals surface area contributed by atoms with Gasteiger partial charge in [-0.15, -0.1) is 0 Å². The van der Waals surface area contributed by atoms with Gasteiger partial charge in [0.15, 0.2) is 0 Å². The maximum absolute atomic E-state index is 12.1. The number of amides is 1. The summed E-state index contributed by atoms with van der Waals surface area (Å²) in [4.78, 5) is 12.1. The van der Waals surface area contributed by atoms with E-state index in [1.807, 2.05) is 13.0 Å². The molecule has 4 heteroatoms. The highest BCUT2D eigenvalue weighted by Gasteiger charge is 2.17. The fraction of sp³-hybridized carbons (Fsp3) is 0.462. The van der Waals surface area contributed by atoms with Crippen LogP contribution in [0, 0.1) is 6.92 Å². The van der Waals surface area contributed by atoms with Gasteiger partial charge in [0.2, 0.25) is 0 Å². The van der Waals surface area contributed by atoms with Crippen LogP contribution in [0.15, 0.2) is 18.2 Å². The first kappa shape index (κ1) is 12.4. The van der Waals surface area contributed by atoms with Crippen molar-refractivity contribution in [2.45, 2.75) is 25.8 Å². The van der Waals surface area contributed by atoms with Crippen molar-refractivity contribution in [2.24, 2.45) is 0 Å². The van der Waals surface area contributed by atoms with E-state index in [9.17, 15) is 4.79 Å². The van der Waals surface area contributed by atoms with Crippen molar-refractivity contribution in [3.63, 3.8) is 0 Å². The van der Waals surface area contributed by atoms with Gasteiger partial charge in [-0.05, 0) is 50.1 Å². The second-order valence-electron chi connectivity index (χ2n) is 4.48. The molecule has 1 aliphatic rings. The van der Waals surface area contributed by atoms with Crippen LogP contribution >= 0.6 is 11.6 Å². The van der Waals surface area contributed by atoms with Crippen LogP contribution in [0.3, 0.4) is 0 Å². The molecule has 0 aromatic heterocycles. The first-order valence-corrected chi connectivity index (χ1v) is 6.32. The minimum atomic E-state index is -0.00660. The predicted molar refractivity (Wildman–Crippen MR) is 69.5 cm³/mol. The molecular weight excluding hydrogens is 236 g/mol. The highest BCUT2D eigenvalue weighted by atomic mass is 35.5. The van der Waals surface area contributed by atoms with Crippen LogP contribution in [-0.2, 0) is 0 Å². The first-order chi connectivity index (χ1) is 8.16. The molecule has 1 saturated heterocycles. The molecule has 1 atom stereocenters. The molecule has 1 amide bonds. The summed E-state index contributed by atoms with van der Waals surface area (Å²) in [5.41, 5.74) is 1.62. The number of hydrogen-bond donors (Lipinski definition) is 2. The average Bonchev–Trinajstić information content (AvgIpc) is 2.30. The number of carbonyl (C=O) groups is 1. The first-order valence-electron chi connectivity index (χ1n) is 5.94. The van der Waals surface area contributed by atoms with E-state index in [0.717, 1.165) is 31.5 Å². The minimum absolute atomic E-state index is 0.00660. The quantitative estimate of drug-likeness (QED) is 0.847. The van der Waals surface area contributed by atoms with Gasteiger partial charge in [-0.1, -0.05) is 11.6 Å². The lowest BCUT2D eigenvalue weighted by Gasteiger charge is -2.24. The Morgan fingerprint density at radius 1 is 1.53 bits per heavy atom. The Morgan fingerprint density at radius 2 is 2.35 bits per heavy atom. The Kier molecular flexibility index (Phi) is 4.02. The zero-order valence-corrected chi connectivity index (χ0v) is 10.7. The molecule has 1 heterocycles. The lowest BCUT2D eigenvalue weighted by molar-refractivity contribution is 0.0930. The Labute approximate surface area is 107 Å². The summed E-state index contributed by atoms with van der Waals surface area (Å²) in [7, 11) is 0. The van der Waals surface area contributed by atoms with Crippen molar-refractivity contribution in [1.29, 1.82) is 0 Å². The largest absolute Gasteiger partial charge is 0.348 e. The molecule has 1 aromatic rings. The fourth-order valence-corrected chi connectivity index (χ4v) is 2.35. The van der Waals surface area contributed by atoms with Crippen LogP contribution < -0.4 is 10.6 Å². The molecule has 0 bridgehead atoms. The van der Waals surface area contributed by atoms with E-state index in [2.05, 4.69) is 10.6 Å². The molecule has 2 N–H and O–H groups in total. The zero-order chi connectivity index (χ0) is 12.3. The smallest absolute Gasteiger partial charge is 0.251 e. The van der Waals surface area contributed by atoms with Gasteiger partial charge in [-0.25, -0.2) is 0 Å². The fourth-order valence-electron chi connectivity index (χ4n) is 2.12. The van der Waals surface area contributed by atoms with E-state index in [0.29, 0.717) is 10.6 Å². The number of carbonyl (C=O) groups excluding carboxylic acids is 1. The molecule has 1 fully saturated rings. The number of nitrogens with one attached hydrogen (secondary N) is 2. The summed E-state index contributed by atoms with van der Waals surface area (Å²) in [5.74, 6) is -0.00660. The molecule has 92 valence electrons. The number of halogens is 1. The molecule has 0 spiro atoms. The predicted octanol–water partition coefficient (Wildman–Crippen LogP) is 2.13. The number of benzene rings is 1. The van der Waals surface area contributed by atoms with Gasteiger partial charge in [0.25, 0.3) is 5.91 Å². The summed E-state index contributed by atoms with van der Waals surface area (Å²) >= 11 is 5.87. The number of aryl methyl sites for hydroxylation is 1. The van der Waals surface area contributed by atoms with Gasteiger partial charge in [0, 0.05) is 23.2 Å².